The van der Waals surface area contributed by atoms with Crippen LogP contribution in [0.5, 0.6) is 5.88 Å². The van der Waals surface area contributed by atoms with Gasteiger partial charge >= 0.3 is 6.18 Å². The van der Waals surface area contributed by atoms with Crippen LogP contribution in [0.3, 0.4) is 0 Å². The molecule has 1 N–H and O–H groups in total. The summed E-state index contributed by atoms with van der Waals surface area (Å²) < 4.78 is 46.2. The van der Waals surface area contributed by atoms with Crippen LogP contribution in [0, 0.1) is 6.92 Å². The van der Waals surface area contributed by atoms with Gasteiger partial charge in [0.05, 0.1) is 5.56 Å². The summed E-state index contributed by atoms with van der Waals surface area (Å²) in [7, 11) is 0. The average molecular weight is 383 g/mol. The molecule has 0 aliphatic heterocycles. The third kappa shape index (κ3) is 4.60. The first-order valence-corrected chi connectivity index (χ1v) is 8.17. The van der Waals surface area contributed by atoms with E-state index in [0.717, 1.165) is 12.0 Å². The van der Waals surface area contributed by atoms with Gasteiger partial charge in [-0.25, -0.2) is 9.97 Å². The zero-order valence-electron chi connectivity index (χ0n) is 13.3. The lowest BCUT2D eigenvalue weighted by atomic mass is 10.3. The molecule has 6 nitrogen and oxygen atoms in total. The molecule has 0 bridgehead atoms. The maximum absolute atomic E-state index is 12.2. The van der Waals surface area contributed by atoms with Gasteiger partial charge in [0, 0.05) is 17.6 Å². The number of aryl methyl sites for hydroxylation is 1. The van der Waals surface area contributed by atoms with E-state index in [1.807, 2.05) is 6.92 Å². The molecule has 3 aromatic heterocycles. The second kappa shape index (κ2) is 7.16. The SMILES string of the molecule is Cc1ccc(-c2csc(NC(=O)c3ccc(OCC(F)(F)F)nc3)n2)o1. The van der Waals surface area contributed by atoms with Crippen LogP contribution in [0.15, 0.2) is 40.3 Å². The van der Waals surface area contributed by atoms with Gasteiger partial charge in [-0.3, -0.25) is 10.1 Å². The number of anilines is 1. The summed E-state index contributed by atoms with van der Waals surface area (Å²) in [6.45, 7) is 0.368. The summed E-state index contributed by atoms with van der Waals surface area (Å²) in [5, 5.41) is 4.69. The van der Waals surface area contributed by atoms with Crippen molar-refractivity contribution in [2.75, 3.05) is 11.9 Å². The second-order valence-electron chi connectivity index (χ2n) is 5.19. The number of hydrogen-bond donors (Lipinski definition) is 1. The molecule has 0 aliphatic rings. The minimum atomic E-state index is -4.45. The highest BCUT2D eigenvalue weighted by atomic mass is 32.1. The van der Waals surface area contributed by atoms with E-state index in [9.17, 15) is 18.0 Å². The lowest BCUT2D eigenvalue weighted by molar-refractivity contribution is -0.154. The van der Waals surface area contributed by atoms with Crippen LogP contribution < -0.4 is 10.1 Å². The van der Waals surface area contributed by atoms with Gasteiger partial charge in [-0.2, -0.15) is 13.2 Å². The van der Waals surface area contributed by atoms with E-state index in [-0.39, 0.29) is 11.4 Å². The molecule has 3 aromatic rings. The number of pyridine rings is 1. The van der Waals surface area contributed by atoms with Gasteiger partial charge in [-0.15, -0.1) is 11.3 Å². The number of nitrogens with one attached hydrogen (secondary N) is 1. The highest BCUT2D eigenvalue weighted by Gasteiger charge is 2.28. The van der Waals surface area contributed by atoms with E-state index in [1.54, 1.807) is 17.5 Å². The normalized spacial score (nSPS) is 11.4. The Morgan fingerprint density at radius 1 is 1.31 bits per heavy atom. The van der Waals surface area contributed by atoms with Gasteiger partial charge in [0.2, 0.25) is 5.88 Å². The van der Waals surface area contributed by atoms with E-state index >= 15 is 0 Å². The van der Waals surface area contributed by atoms with Gasteiger partial charge < -0.3 is 9.15 Å². The first-order valence-electron chi connectivity index (χ1n) is 7.29. The van der Waals surface area contributed by atoms with Crippen molar-refractivity contribution in [2.45, 2.75) is 13.1 Å². The highest BCUT2D eigenvalue weighted by molar-refractivity contribution is 7.14. The Labute approximate surface area is 149 Å². The summed E-state index contributed by atoms with van der Waals surface area (Å²) >= 11 is 1.22. The van der Waals surface area contributed by atoms with Crippen molar-refractivity contribution in [2.24, 2.45) is 0 Å². The van der Waals surface area contributed by atoms with E-state index in [4.69, 9.17) is 4.42 Å². The number of carbonyl (C=O) groups excluding carboxylic acids is 1. The summed E-state index contributed by atoms with van der Waals surface area (Å²) in [6.07, 6.45) is -3.32. The molecule has 0 fully saturated rings. The fraction of sp³-hybridized carbons (Fsp3) is 0.188. The quantitative estimate of drug-likeness (QED) is 0.711. The second-order valence-corrected chi connectivity index (χ2v) is 6.05. The van der Waals surface area contributed by atoms with Crippen molar-refractivity contribution in [3.63, 3.8) is 0 Å². The molecule has 0 aromatic carbocycles. The zero-order valence-corrected chi connectivity index (χ0v) is 14.1. The zero-order chi connectivity index (χ0) is 18.7. The smallest absolute Gasteiger partial charge is 0.422 e. The Bertz CT molecular complexity index is 903. The van der Waals surface area contributed by atoms with Crippen molar-refractivity contribution in [3.8, 4) is 17.3 Å². The van der Waals surface area contributed by atoms with Crippen LogP contribution in [-0.4, -0.2) is 28.7 Å². The van der Waals surface area contributed by atoms with Crippen LogP contribution in [0.25, 0.3) is 11.5 Å². The first-order chi connectivity index (χ1) is 12.3. The largest absolute Gasteiger partial charge is 0.468 e. The van der Waals surface area contributed by atoms with Crippen LogP contribution in [0.4, 0.5) is 18.3 Å². The third-order valence-electron chi connectivity index (χ3n) is 3.10. The van der Waals surface area contributed by atoms with E-state index in [2.05, 4.69) is 20.0 Å². The molecule has 3 heterocycles. The number of rotatable bonds is 5. The predicted molar refractivity (Wildman–Crippen MR) is 88.3 cm³/mol. The number of ether oxygens (including phenoxy) is 1. The molecular weight excluding hydrogens is 371 g/mol. The monoisotopic (exact) mass is 383 g/mol. The first kappa shape index (κ1) is 17.9. The number of halogens is 3. The molecule has 0 saturated carbocycles. The number of furan rings is 1. The number of alkyl halides is 3. The average Bonchev–Trinajstić information content (AvgIpc) is 3.21. The van der Waals surface area contributed by atoms with Gasteiger partial charge in [-0.1, -0.05) is 0 Å². The van der Waals surface area contributed by atoms with Crippen molar-refractivity contribution in [3.05, 3.63) is 47.2 Å². The van der Waals surface area contributed by atoms with Crippen LogP contribution in [0.1, 0.15) is 16.1 Å². The standard InChI is InChI=1S/C16H12F3N3O3S/c1-9-2-4-12(25-9)11-7-26-15(21-11)22-14(23)10-3-5-13(20-6-10)24-8-16(17,18)19/h2-7H,8H2,1H3,(H,21,22,23). The van der Waals surface area contributed by atoms with Gasteiger partial charge in [-0.05, 0) is 25.1 Å². The fourth-order valence-corrected chi connectivity index (χ4v) is 2.64. The molecule has 0 spiro atoms. The Morgan fingerprint density at radius 2 is 2.12 bits per heavy atom. The molecule has 0 aliphatic carbocycles. The van der Waals surface area contributed by atoms with E-state index < -0.39 is 18.7 Å². The lowest BCUT2D eigenvalue weighted by Gasteiger charge is -2.08. The molecule has 0 unspecified atom stereocenters. The predicted octanol–water partition coefficient (Wildman–Crippen LogP) is 4.30. The Hall–Kier alpha value is -2.88. The molecular formula is C16H12F3N3O3S. The number of amides is 1. The van der Waals surface area contributed by atoms with Crippen LogP contribution in [0.2, 0.25) is 0 Å². The molecule has 1 amide bonds. The van der Waals surface area contributed by atoms with Crippen molar-refractivity contribution >= 4 is 22.4 Å². The Balaban J connectivity index is 1.62. The summed E-state index contributed by atoms with van der Waals surface area (Å²) in [5.74, 6) is 0.629. The maximum atomic E-state index is 12.2. The number of hydrogen-bond acceptors (Lipinski definition) is 6. The number of aromatic nitrogens is 2. The summed E-state index contributed by atoms with van der Waals surface area (Å²) in [5.41, 5.74) is 0.752. The minimum absolute atomic E-state index is 0.162. The van der Waals surface area contributed by atoms with E-state index in [0.29, 0.717) is 16.6 Å². The molecule has 26 heavy (non-hydrogen) atoms. The molecule has 0 radical (unpaired) electrons. The van der Waals surface area contributed by atoms with E-state index in [1.165, 1.54) is 23.5 Å². The van der Waals surface area contributed by atoms with Crippen molar-refractivity contribution in [1.82, 2.24) is 9.97 Å². The van der Waals surface area contributed by atoms with Crippen LogP contribution in [-0.2, 0) is 0 Å². The molecule has 10 heteroatoms. The summed E-state index contributed by atoms with van der Waals surface area (Å²) in [6, 6.07) is 6.10. The van der Waals surface area contributed by atoms with Crippen LogP contribution >= 0.6 is 11.3 Å². The van der Waals surface area contributed by atoms with Gasteiger partial charge in [0.15, 0.2) is 17.5 Å². The molecule has 136 valence electrons. The van der Waals surface area contributed by atoms with Gasteiger partial charge in [0.25, 0.3) is 5.91 Å². The number of nitrogens with zero attached hydrogens (tertiary/aromatic N) is 2. The number of carbonyl (C=O) groups is 1. The Kier molecular flexibility index (Phi) is 4.94. The van der Waals surface area contributed by atoms with Gasteiger partial charge in [0.1, 0.15) is 11.5 Å². The minimum Gasteiger partial charge on any atom is -0.468 e. The Morgan fingerprint density at radius 3 is 2.73 bits per heavy atom. The van der Waals surface area contributed by atoms with Crippen molar-refractivity contribution in [1.29, 1.82) is 0 Å². The maximum Gasteiger partial charge on any atom is 0.422 e. The fourth-order valence-electron chi connectivity index (χ4n) is 1.94. The molecule has 0 atom stereocenters. The summed E-state index contributed by atoms with van der Waals surface area (Å²) in [4.78, 5) is 20.1. The lowest BCUT2D eigenvalue weighted by Crippen LogP contribution is -2.19. The number of thiazole rings is 1. The third-order valence-corrected chi connectivity index (χ3v) is 3.86. The van der Waals surface area contributed by atoms with Crippen molar-refractivity contribution < 1.29 is 27.1 Å². The highest BCUT2D eigenvalue weighted by Crippen LogP contribution is 2.26. The molecule has 0 saturated heterocycles. The molecule has 3 rings (SSSR count). The topological polar surface area (TPSA) is 77.2 Å².